The summed E-state index contributed by atoms with van der Waals surface area (Å²) in [5.74, 6) is -0.266. The first-order valence-electron chi connectivity index (χ1n) is 5.37. The normalized spacial score (nSPS) is 10.0. The van der Waals surface area contributed by atoms with Gasteiger partial charge >= 0.3 is 0 Å². The lowest BCUT2D eigenvalue weighted by Crippen LogP contribution is -2.31. The number of carbonyl (C=O) groups excluding carboxylic acids is 1. The number of nitro groups is 1. The van der Waals surface area contributed by atoms with Gasteiger partial charge in [-0.1, -0.05) is 11.6 Å². The number of methoxy groups -OCH3 is 1. The van der Waals surface area contributed by atoms with E-state index in [2.05, 4.69) is 5.32 Å². The Morgan fingerprint density at radius 3 is 2.89 bits per heavy atom. The van der Waals surface area contributed by atoms with Crippen LogP contribution in [0.5, 0.6) is 5.75 Å². The summed E-state index contributed by atoms with van der Waals surface area (Å²) in [5, 5.41) is 13.3. The highest BCUT2D eigenvalue weighted by Crippen LogP contribution is 2.28. The van der Waals surface area contributed by atoms with Crippen LogP contribution >= 0.6 is 11.6 Å². The van der Waals surface area contributed by atoms with Crippen LogP contribution in [0.15, 0.2) is 18.2 Å². The number of ether oxygens (including phenoxy) is 2. The maximum atomic E-state index is 11.4. The molecule has 0 spiro atoms. The lowest BCUT2D eigenvalue weighted by atomic mass is 10.3. The van der Waals surface area contributed by atoms with E-state index in [9.17, 15) is 14.9 Å². The monoisotopic (exact) mass is 288 g/mol. The van der Waals surface area contributed by atoms with Gasteiger partial charge in [-0.05, 0) is 6.07 Å². The van der Waals surface area contributed by atoms with Crippen LogP contribution in [0.25, 0.3) is 0 Å². The van der Waals surface area contributed by atoms with Gasteiger partial charge in [-0.15, -0.1) is 0 Å². The number of rotatable bonds is 7. The molecule has 1 aromatic rings. The Morgan fingerprint density at radius 1 is 1.53 bits per heavy atom. The maximum Gasteiger partial charge on any atom is 0.273 e. The first-order chi connectivity index (χ1) is 9.04. The summed E-state index contributed by atoms with van der Waals surface area (Å²) in [6.07, 6.45) is 0. The predicted molar refractivity (Wildman–Crippen MR) is 68.5 cm³/mol. The number of nitro benzene ring substituents is 1. The summed E-state index contributed by atoms with van der Waals surface area (Å²) >= 11 is 5.81. The Morgan fingerprint density at radius 2 is 2.26 bits per heavy atom. The van der Waals surface area contributed by atoms with Gasteiger partial charge in [-0.25, -0.2) is 0 Å². The third kappa shape index (κ3) is 5.11. The zero-order chi connectivity index (χ0) is 14.3. The van der Waals surface area contributed by atoms with Crippen molar-refractivity contribution in [3.63, 3.8) is 0 Å². The molecule has 8 heteroatoms. The van der Waals surface area contributed by atoms with Crippen LogP contribution in [0.3, 0.4) is 0 Å². The molecule has 104 valence electrons. The Labute approximate surface area is 114 Å². The van der Waals surface area contributed by atoms with Crippen LogP contribution in [0, 0.1) is 10.1 Å². The summed E-state index contributed by atoms with van der Waals surface area (Å²) < 4.78 is 9.90. The Balaban J connectivity index is 2.54. The van der Waals surface area contributed by atoms with Crippen LogP contribution < -0.4 is 10.1 Å². The fraction of sp³-hybridized carbons (Fsp3) is 0.364. The van der Waals surface area contributed by atoms with Crippen LogP contribution in [0.4, 0.5) is 5.69 Å². The molecule has 0 aliphatic rings. The molecule has 0 aliphatic carbocycles. The number of nitrogens with zero attached hydrogens (tertiary/aromatic N) is 1. The molecule has 0 fully saturated rings. The Kier molecular flexibility index (Phi) is 6.04. The molecular formula is C11H13ClN2O5. The zero-order valence-electron chi connectivity index (χ0n) is 10.2. The van der Waals surface area contributed by atoms with Crippen molar-refractivity contribution in [2.45, 2.75) is 0 Å². The number of amides is 1. The smallest absolute Gasteiger partial charge is 0.273 e. The minimum absolute atomic E-state index is 0.0951. The second kappa shape index (κ2) is 7.55. The predicted octanol–water partition coefficient (Wildman–Crippen LogP) is 1.39. The van der Waals surface area contributed by atoms with Crippen molar-refractivity contribution in [2.75, 3.05) is 26.9 Å². The molecule has 19 heavy (non-hydrogen) atoms. The molecular weight excluding hydrogens is 276 g/mol. The van der Waals surface area contributed by atoms with Crippen molar-refractivity contribution in [1.29, 1.82) is 0 Å². The van der Waals surface area contributed by atoms with E-state index >= 15 is 0 Å². The number of halogens is 1. The number of benzene rings is 1. The van der Waals surface area contributed by atoms with Crippen molar-refractivity contribution in [3.05, 3.63) is 33.3 Å². The summed E-state index contributed by atoms with van der Waals surface area (Å²) in [7, 11) is 1.52. The minimum Gasteiger partial charge on any atom is -0.482 e. The van der Waals surface area contributed by atoms with Crippen molar-refractivity contribution in [3.8, 4) is 5.75 Å². The molecule has 0 unspecified atom stereocenters. The van der Waals surface area contributed by atoms with Crippen molar-refractivity contribution in [1.82, 2.24) is 5.32 Å². The molecule has 0 aliphatic heterocycles. The molecule has 1 rings (SSSR count). The van der Waals surface area contributed by atoms with Crippen molar-refractivity contribution >= 4 is 23.2 Å². The number of nitrogens with one attached hydrogen (secondary N) is 1. The number of carbonyl (C=O) groups is 1. The zero-order valence-corrected chi connectivity index (χ0v) is 11.0. The van der Waals surface area contributed by atoms with Gasteiger partial charge in [0.2, 0.25) is 0 Å². The largest absolute Gasteiger partial charge is 0.482 e. The molecule has 1 amide bonds. The van der Waals surface area contributed by atoms with E-state index in [1.165, 1.54) is 25.3 Å². The third-order valence-corrected chi connectivity index (χ3v) is 2.42. The molecule has 0 radical (unpaired) electrons. The fourth-order valence-corrected chi connectivity index (χ4v) is 1.38. The Bertz CT molecular complexity index is 466. The van der Waals surface area contributed by atoms with Crippen LogP contribution in [0.2, 0.25) is 5.02 Å². The van der Waals surface area contributed by atoms with Gasteiger partial charge < -0.3 is 14.8 Å². The van der Waals surface area contributed by atoms with E-state index in [-0.39, 0.29) is 29.0 Å². The van der Waals surface area contributed by atoms with E-state index in [4.69, 9.17) is 21.1 Å². The second-order valence-electron chi connectivity index (χ2n) is 3.50. The maximum absolute atomic E-state index is 11.4. The summed E-state index contributed by atoms with van der Waals surface area (Å²) in [6, 6.07) is 3.77. The van der Waals surface area contributed by atoms with Crippen molar-refractivity contribution in [2.24, 2.45) is 0 Å². The number of hydrogen-bond donors (Lipinski definition) is 1. The van der Waals surface area contributed by atoms with Gasteiger partial charge in [-0.3, -0.25) is 14.9 Å². The van der Waals surface area contributed by atoms with Gasteiger partial charge in [0.05, 0.1) is 22.6 Å². The molecule has 0 saturated heterocycles. The highest BCUT2D eigenvalue weighted by Gasteiger charge is 2.12. The SMILES string of the molecule is COCCNC(=O)COc1cc([N+](=O)[O-])ccc1Cl. The third-order valence-electron chi connectivity index (χ3n) is 2.11. The quantitative estimate of drug-likeness (QED) is 0.465. The second-order valence-corrected chi connectivity index (χ2v) is 3.91. The van der Waals surface area contributed by atoms with E-state index in [0.29, 0.717) is 13.2 Å². The number of non-ortho nitro benzene ring substituents is 1. The summed E-state index contributed by atoms with van der Waals surface area (Å²) in [4.78, 5) is 21.4. The van der Waals surface area contributed by atoms with Crippen LogP contribution in [0.1, 0.15) is 0 Å². The first kappa shape index (κ1) is 15.2. The summed E-state index contributed by atoms with van der Waals surface area (Å²) in [5.41, 5.74) is -0.154. The first-order valence-corrected chi connectivity index (χ1v) is 5.74. The average Bonchev–Trinajstić information content (AvgIpc) is 2.37. The van der Waals surface area contributed by atoms with Gasteiger partial charge in [0, 0.05) is 19.7 Å². The average molecular weight is 289 g/mol. The molecule has 0 heterocycles. The molecule has 0 bridgehead atoms. The highest BCUT2D eigenvalue weighted by molar-refractivity contribution is 6.32. The minimum atomic E-state index is -0.568. The molecule has 1 aromatic carbocycles. The number of hydrogen-bond acceptors (Lipinski definition) is 5. The lowest BCUT2D eigenvalue weighted by molar-refractivity contribution is -0.384. The van der Waals surface area contributed by atoms with E-state index in [1.54, 1.807) is 0 Å². The van der Waals surface area contributed by atoms with Crippen LogP contribution in [-0.2, 0) is 9.53 Å². The van der Waals surface area contributed by atoms with Gasteiger partial charge in [-0.2, -0.15) is 0 Å². The Hall–Kier alpha value is -1.86. The standard InChI is InChI=1S/C11H13ClN2O5/c1-18-5-4-13-11(15)7-19-10-6-8(14(16)17)2-3-9(10)12/h2-3,6H,4-5,7H2,1H3,(H,13,15). The van der Waals surface area contributed by atoms with Crippen LogP contribution in [-0.4, -0.2) is 37.7 Å². The molecule has 1 N–H and O–H groups in total. The molecule has 0 atom stereocenters. The van der Waals surface area contributed by atoms with Gasteiger partial charge in [0.15, 0.2) is 6.61 Å². The summed E-state index contributed by atoms with van der Waals surface area (Å²) in [6.45, 7) is 0.481. The highest BCUT2D eigenvalue weighted by atomic mass is 35.5. The molecule has 0 saturated carbocycles. The van der Waals surface area contributed by atoms with Gasteiger partial charge in [0.25, 0.3) is 11.6 Å². The molecule has 0 aromatic heterocycles. The fourth-order valence-electron chi connectivity index (χ4n) is 1.20. The van der Waals surface area contributed by atoms with Crippen molar-refractivity contribution < 1.29 is 19.2 Å². The van der Waals surface area contributed by atoms with E-state index in [0.717, 1.165) is 0 Å². The molecule has 7 nitrogen and oxygen atoms in total. The lowest BCUT2D eigenvalue weighted by Gasteiger charge is -2.08. The topological polar surface area (TPSA) is 90.7 Å². The van der Waals surface area contributed by atoms with E-state index < -0.39 is 4.92 Å². The van der Waals surface area contributed by atoms with Gasteiger partial charge in [0.1, 0.15) is 5.75 Å². The van der Waals surface area contributed by atoms with E-state index in [1.807, 2.05) is 0 Å².